The number of amides is 1. The number of carbonyl (C=O) groups is 1. The fourth-order valence-corrected chi connectivity index (χ4v) is 3.57. The minimum atomic E-state index is -0.408. The van der Waals surface area contributed by atoms with Crippen molar-refractivity contribution in [3.8, 4) is 0 Å². The largest absolute Gasteiger partial charge is 0.444 e. The summed E-state index contributed by atoms with van der Waals surface area (Å²) in [6.45, 7) is 9.69. The molecule has 0 aromatic rings. The summed E-state index contributed by atoms with van der Waals surface area (Å²) in [6.07, 6.45) is 7.54. The van der Waals surface area contributed by atoms with Crippen molar-refractivity contribution in [2.24, 2.45) is 5.92 Å². The van der Waals surface area contributed by atoms with Crippen molar-refractivity contribution in [2.75, 3.05) is 13.1 Å². The third kappa shape index (κ3) is 5.17. The topological polar surface area (TPSA) is 41.6 Å². The van der Waals surface area contributed by atoms with Gasteiger partial charge in [-0.1, -0.05) is 12.8 Å². The Morgan fingerprint density at radius 3 is 2.48 bits per heavy atom. The van der Waals surface area contributed by atoms with Crippen molar-refractivity contribution in [3.63, 3.8) is 0 Å². The summed E-state index contributed by atoms with van der Waals surface area (Å²) < 4.78 is 5.49. The molecule has 1 saturated heterocycles. The second kappa shape index (κ2) is 6.99. The second-order valence-electron chi connectivity index (χ2n) is 7.77. The molecular formula is C17H32N2O2. The first-order chi connectivity index (χ1) is 9.85. The van der Waals surface area contributed by atoms with E-state index in [1.54, 1.807) is 0 Å². The van der Waals surface area contributed by atoms with Crippen molar-refractivity contribution in [3.05, 3.63) is 0 Å². The van der Waals surface area contributed by atoms with E-state index in [1.807, 2.05) is 25.7 Å². The van der Waals surface area contributed by atoms with Crippen molar-refractivity contribution < 1.29 is 9.53 Å². The lowest BCUT2D eigenvalue weighted by molar-refractivity contribution is 0.0181. The molecule has 1 saturated carbocycles. The number of hydrogen-bond donors (Lipinski definition) is 1. The summed E-state index contributed by atoms with van der Waals surface area (Å²) in [7, 11) is 0. The molecule has 1 aliphatic heterocycles. The first-order valence-corrected chi connectivity index (χ1v) is 8.59. The predicted molar refractivity (Wildman–Crippen MR) is 85.4 cm³/mol. The number of carbonyl (C=O) groups excluding carboxylic acids is 1. The Balaban J connectivity index is 1.81. The Labute approximate surface area is 129 Å². The van der Waals surface area contributed by atoms with Gasteiger partial charge >= 0.3 is 6.09 Å². The summed E-state index contributed by atoms with van der Waals surface area (Å²) >= 11 is 0. The monoisotopic (exact) mass is 296 g/mol. The molecule has 0 spiro atoms. The molecule has 0 aromatic carbocycles. The minimum Gasteiger partial charge on any atom is -0.444 e. The van der Waals surface area contributed by atoms with Gasteiger partial charge in [-0.15, -0.1) is 0 Å². The molecule has 2 fully saturated rings. The maximum atomic E-state index is 12.2. The highest BCUT2D eigenvalue weighted by molar-refractivity contribution is 5.68. The average Bonchev–Trinajstić information content (AvgIpc) is 2.91. The molecule has 1 N–H and O–H groups in total. The minimum absolute atomic E-state index is 0.164. The summed E-state index contributed by atoms with van der Waals surface area (Å²) in [5.74, 6) is 0.821. The normalized spacial score (nSPS) is 25.9. The van der Waals surface area contributed by atoms with Crippen molar-refractivity contribution in [1.29, 1.82) is 0 Å². The average molecular weight is 296 g/mol. The van der Waals surface area contributed by atoms with E-state index < -0.39 is 5.60 Å². The lowest BCUT2D eigenvalue weighted by atomic mass is 9.97. The quantitative estimate of drug-likeness (QED) is 0.866. The SMILES string of the molecule is C[C@@H](NC1CCCN(C(=O)OC(C)(C)C)C1)C1CCCC1. The second-order valence-corrected chi connectivity index (χ2v) is 7.77. The zero-order valence-corrected chi connectivity index (χ0v) is 14.2. The standard InChI is InChI=1S/C17H32N2O2/c1-13(14-8-5-6-9-14)18-15-10-7-11-19(12-15)16(20)21-17(2,3)4/h13-15,18H,5-12H2,1-4H3/t13-,15?/m1/s1. The van der Waals surface area contributed by atoms with Gasteiger partial charge in [0, 0.05) is 25.2 Å². The van der Waals surface area contributed by atoms with Gasteiger partial charge in [-0.3, -0.25) is 0 Å². The van der Waals surface area contributed by atoms with Gasteiger partial charge < -0.3 is 15.0 Å². The van der Waals surface area contributed by atoms with Gasteiger partial charge in [0.2, 0.25) is 0 Å². The van der Waals surface area contributed by atoms with Crippen molar-refractivity contribution >= 4 is 6.09 Å². The van der Waals surface area contributed by atoms with Crippen LogP contribution in [0.2, 0.25) is 0 Å². The van der Waals surface area contributed by atoms with Crippen LogP contribution in [0.25, 0.3) is 0 Å². The zero-order chi connectivity index (χ0) is 15.5. The third-order valence-electron chi connectivity index (χ3n) is 4.68. The predicted octanol–water partition coefficient (Wildman–Crippen LogP) is 3.55. The van der Waals surface area contributed by atoms with Crippen LogP contribution in [0.1, 0.15) is 66.2 Å². The molecule has 1 amide bonds. The van der Waals surface area contributed by atoms with Crippen LogP contribution in [0.3, 0.4) is 0 Å². The molecule has 0 bridgehead atoms. The smallest absolute Gasteiger partial charge is 0.410 e. The first-order valence-electron chi connectivity index (χ1n) is 8.59. The molecule has 2 aliphatic rings. The number of rotatable bonds is 3. The van der Waals surface area contributed by atoms with Gasteiger partial charge in [-0.25, -0.2) is 4.79 Å². The van der Waals surface area contributed by atoms with Gasteiger partial charge in [-0.05, 0) is 59.3 Å². The van der Waals surface area contributed by atoms with E-state index in [1.165, 1.54) is 25.7 Å². The van der Waals surface area contributed by atoms with Crippen LogP contribution >= 0.6 is 0 Å². The highest BCUT2D eigenvalue weighted by Gasteiger charge is 2.30. The van der Waals surface area contributed by atoms with Gasteiger partial charge in [0.15, 0.2) is 0 Å². The molecular weight excluding hydrogens is 264 g/mol. The molecule has 1 heterocycles. The van der Waals surface area contributed by atoms with E-state index in [9.17, 15) is 4.79 Å². The first kappa shape index (κ1) is 16.6. The van der Waals surface area contributed by atoms with Crippen LogP contribution in [-0.2, 0) is 4.74 Å². The fourth-order valence-electron chi connectivity index (χ4n) is 3.57. The summed E-state index contributed by atoms with van der Waals surface area (Å²) in [6, 6.07) is 0.984. The molecule has 1 unspecified atom stereocenters. The van der Waals surface area contributed by atoms with Crippen molar-refractivity contribution in [2.45, 2.75) is 83.9 Å². The zero-order valence-electron chi connectivity index (χ0n) is 14.2. The number of ether oxygens (including phenoxy) is 1. The Morgan fingerprint density at radius 1 is 1.19 bits per heavy atom. The van der Waals surface area contributed by atoms with Crippen LogP contribution in [0.15, 0.2) is 0 Å². The molecule has 122 valence electrons. The summed E-state index contributed by atoms with van der Waals surface area (Å²) in [5.41, 5.74) is -0.408. The Bertz CT molecular complexity index is 345. The van der Waals surface area contributed by atoms with Crippen molar-refractivity contribution in [1.82, 2.24) is 10.2 Å². The molecule has 4 heteroatoms. The number of likely N-dealkylation sites (tertiary alicyclic amines) is 1. The van der Waals surface area contributed by atoms with Gasteiger partial charge in [0.25, 0.3) is 0 Å². The Morgan fingerprint density at radius 2 is 1.86 bits per heavy atom. The Hall–Kier alpha value is -0.770. The Kier molecular flexibility index (Phi) is 5.53. The molecule has 1 aliphatic carbocycles. The van der Waals surface area contributed by atoms with Gasteiger partial charge in [-0.2, -0.15) is 0 Å². The maximum absolute atomic E-state index is 12.2. The fraction of sp³-hybridized carbons (Fsp3) is 0.941. The third-order valence-corrected chi connectivity index (χ3v) is 4.68. The number of nitrogens with zero attached hydrogens (tertiary/aromatic N) is 1. The number of piperidine rings is 1. The molecule has 4 nitrogen and oxygen atoms in total. The number of nitrogens with one attached hydrogen (secondary N) is 1. The van der Waals surface area contributed by atoms with Gasteiger partial charge in [0.1, 0.15) is 5.60 Å². The van der Waals surface area contributed by atoms with Crippen LogP contribution < -0.4 is 5.32 Å². The molecule has 0 radical (unpaired) electrons. The highest BCUT2D eigenvalue weighted by atomic mass is 16.6. The maximum Gasteiger partial charge on any atom is 0.410 e. The van der Waals surface area contributed by atoms with E-state index >= 15 is 0 Å². The summed E-state index contributed by atoms with van der Waals surface area (Å²) in [5, 5.41) is 3.76. The van der Waals surface area contributed by atoms with E-state index in [0.717, 1.165) is 31.8 Å². The lowest BCUT2D eigenvalue weighted by Crippen LogP contribution is -2.52. The van der Waals surface area contributed by atoms with Crippen LogP contribution in [0.5, 0.6) is 0 Å². The van der Waals surface area contributed by atoms with E-state index in [-0.39, 0.29) is 6.09 Å². The molecule has 0 aromatic heterocycles. The highest BCUT2D eigenvalue weighted by Crippen LogP contribution is 2.28. The lowest BCUT2D eigenvalue weighted by Gasteiger charge is -2.36. The van der Waals surface area contributed by atoms with Crippen LogP contribution in [-0.4, -0.2) is 41.8 Å². The molecule has 21 heavy (non-hydrogen) atoms. The van der Waals surface area contributed by atoms with E-state index in [0.29, 0.717) is 12.1 Å². The van der Waals surface area contributed by atoms with E-state index in [2.05, 4.69) is 12.2 Å². The van der Waals surface area contributed by atoms with Crippen LogP contribution in [0, 0.1) is 5.92 Å². The van der Waals surface area contributed by atoms with E-state index in [4.69, 9.17) is 4.74 Å². The van der Waals surface area contributed by atoms with Crippen LogP contribution in [0.4, 0.5) is 4.79 Å². The number of hydrogen-bond acceptors (Lipinski definition) is 3. The summed E-state index contributed by atoms with van der Waals surface area (Å²) in [4.78, 5) is 14.0. The molecule has 2 rings (SSSR count). The molecule has 2 atom stereocenters. The van der Waals surface area contributed by atoms with Gasteiger partial charge in [0.05, 0.1) is 0 Å².